The van der Waals surface area contributed by atoms with E-state index in [1.165, 1.54) is 4.31 Å². The quantitative estimate of drug-likeness (QED) is 0.926. The minimum atomic E-state index is -3.75. The lowest BCUT2D eigenvalue weighted by Gasteiger charge is -2.29. The zero-order valence-electron chi connectivity index (χ0n) is 11.0. The van der Waals surface area contributed by atoms with Gasteiger partial charge in [-0.25, -0.2) is 17.6 Å². The zero-order chi connectivity index (χ0) is 14.9. The molecule has 0 unspecified atom stereocenters. The average molecular weight is 301 g/mol. The lowest BCUT2D eigenvalue weighted by Crippen LogP contribution is -2.37. The first-order valence-corrected chi connectivity index (χ1v) is 7.79. The molecule has 0 saturated carbocycles. The van der Waals surface area contributed by atoms with Crippen LogP contribution in [-0.4, -0.2) is 36.9 Å². The Morgan fingerprint density at radius 1 is 1.35 bits per heavy atom. The molecule has 0 atom stereocenters. The number of halogens is 1. The smallest absolute Gasteiger partial charge is 0.338 e. The molecule has 110 valence electrons. The van der Waals surface area contributed by atoms with Crippen LogP contribution < -0.4 is 0 Å². The molecule has 1 aromatic carbocycles. The first-order valence-electron chi connectivity index (χ1n) is 6.35. The van der Waals surface area contributed by atoms with Crippen LogP contribution in [0.5, 0.6) is 0 Å². The second-order valence-electron chi connectivity index (χ2n) is 5.03. The number of nitrogens with zero attached hydrogens (tertiary/aromatic N) is 1. The first kappa shape index (κ1) is 14.9. The van der Waals surface area contributed by atoms with Gasteiger partial charge in [-0.15, -0.1) is 0 Å². The molecule has 1 heterocycles. The number of carboxylic acids is 1. The lowest BCUT2D eigenvalue weighted by molar-refractivity contribution is 0.0691. The fourth-order valence-electron chi connectivity index (χ4n) is 2.20. The van der Waals surface area contributed by atoms with E-state index in [9.17, 15) is 17.6 Å². The Balaban J connectivity index is 2.35. The van der Waals surface area contributed by atoms with Gasteiger partial charge in [0.25, 0.3) is 0 Å². The molecule has 0 aliphatic carbocycles. The van der Waals surface area contributed by atoms with Crippen molar-refractivity contribution in [3.8, 4) is 0 Å². The Morgan fingerprint density at radius 3 is 2.50 bits per heavy atom. The highest BCUT2D eigenvalue weighted by Gasteiger charge is 2.29. The van der Waals surface area contributed by atoms with E-state index >= 15 is 0 Å². The summed E-state index contributed by atoms with van der Waals surface area (Å²) in [4.78, 5) is 10.7. The van der Waals surface area contributed by atoms with Crippen molar-refractivity contribution in [2.45, 2.75) is 24.7 Å². The summed E-state index contributed by atoms with van der Waals surface area (Å²) in [6, 6.07) is 2.86. The molecule has 0 bridgehead atoms. The number of sulfonamides is 1. The van der Waals surface area contributed by atoms with Crippen molar-refractivity contribution >= 4 is 16.0 Å². The second kappa shape index (κ2) is 5.49. The number of benzene rings is 1. The predicted octanol–water partition coefficient (Wildman–Crippen LogP) is 1.94. The van der Waals surface area contributed by atoms with Gasteiger partial charge in [-0.1, -0.05) is 6.92 Å². The van der Waals surface area contributed by atoms with Crippen LogP contribution in [0.2, 0.25) is 0 Å². The molecular formula is C13H16FNO4S. The van der Waals surface area contributed by atoms with E-state index in [0.717, 1.165) is 31.0 Å². The van der Waals surface area contributed by atoms with Crippen LogP contribution in [-0.2, 0) is 10.0 Å². The zero-order valence-corrected chi connectivity index (χ0v) is 11.9. The molecule has 20 heavy (non-hydrogen) atoms. The molecule has 1 fully saturated rings. The molecule has 0 amide bonds. The van der Waals surface area contributed by atoms with Gasteiger partial charge < -0.3 is 5.11 Å². The Labute approximate surface area is 117 Å². The van der Waals surface area contributed by atoms with Crippen LogP contribution in [0.3, 0.4) is 0 Å². The number of piperidine rings is 1. The normalized spacial score (nSPS) is 18.1. The number of hydrogen-bond acceptors (Lipinski definition) is 3. The molecule has 1 N–H and O–H groups in total. The Hall–Kier alpha value is -1.47. The standard InChI is InChI=1S/C13H16FNO4S/c1-9-4-6-15(7-5-9)20(18,19)10-2-3-12(14)11(8-10)13(16)17/h2-3,8-9H,4-7H2,1H3,(H,16,17). The highest BCUT2D eigenvalue weighted by Crippen LogP contribution is 2.24. The van der Waals surface area contributed by atoms with Gasteiger partial charge in [0.1, 0.15) is 5.82 Å². The van der Waals surface area contributed by atoms with Crippen molar-refractivity contribution in [1.82, 2.24) is 4.31 Å². The second-order valence-corrected chi connectivity index (χ2v) is 6.97. The fraction of sp³-hybridized carbons (Fsp3) is 0.462. The number of hydrogen-bond donors (Lipinski definition) is 1. The summed E-state index contributed by atoms with van der Waals surface area (Å²) >= 11 is 0. The molecule has 1 aliphatic rings. The van der Waals surface area contributed by atoms with Crippen molar-refractivity contribution in [1.29, 1.82) is 0 Å². The van der Waals surface area contributed by atoms with Crippen LogP contribution in [0.25, 0.3) is 0 Å². The van der Waals surface area contributed by atoms with Gasteiger partial charge in [-0.3, -0.25) is 0 Å². The average Bonchev–Trinajstić information content (AvgIpc) is 2.39. The third-order valence-corrected chi connectivity index (χ3v) is 5.44. The Morgan fingerprint density at radius 2 is 1.95 bits per heavy atom. The topological polar surface area (TPSA) is 74.7 Å². The summed E-state index contributed by atoms with van der Waals surface area (Å²) in [6.45, 7) is 2.87. The number of rotatable bonds is 3. The molecule has 1 aliphatic heterocycles. The minimum Gasteiger partial charge on any atom is -0.478 e. The molecule has 0 radical (unpaired) electrons. The maximum atomic E-state index is 13.3. The lowest BCUT2D eigenvalue weighted by atomic mass is 10.0. The molecule has 5 nitrogen and oxygen atoms in total. The van der Waals surface area contributed by atoms with Crippen LogP contribution in [0, 0.1) is 11.7 Å². The molecule has 7 heteroatoms. The summed E-state index contributed by atoms with van der Waals surface area (Å²) < 4.78 is 39.4. The van der Waals surface area contributed by atoms with E-state index in [1.54, 1.807) is 0 Å². The number of carboxylic acid groups (broad SMARTS) is 1. The summed E-state index contributed by atoms with van der Waals surface area (Å²) in [5, 5.41) is 8.85. The van der Waals surface area contributed by atoms with Gasteiger partial charge in [-0.05, 0) is 37.0 Å². The van der Waals surface area contributed by atoms with Gasteiger partial charge in [-0.2, -0.15) is 4.31 Å². The van der Waals surface area contributed by atoms with Crippen molar-refractivity contribution in [2.24, 2.45) is 5.92 Å². The van der Waals surface area contributed by atoms with Crippen molar-refractivity contribution < 1.29 is 22.7 Å². The van der Waals surface area contributed by atoms with E-state index in [4.69, 9.17) is 5.11 Å². The Kier molecular flexibility index (Phi) is 4.10. The van der Waals surface area contributed by atoms with Crippen molar-refractivity contribution in [3.05, 3.63) is 29.6 Å². The summed E-state index contributed by atoms with van der Waals surface area (Å²) in [5.74, 6) is -1.94. The molecule has 0 spiro atoms. The van der Waals surface area contributed by atoms with Gasteiger partial charge in [0.2, 0.25) is 10.0 Å². The summed E-state index contributed by atoms with van der Waals surface area (Å²) in [7, 11) is -3.75. The summed E-state index contributed by atoms with van der Waals surface area (Å²) in [6.07, 6.45) is 1.54. The summed E-state index contributed by atoms with van der Waals surface area (Å²) in [5.41, 5.74) is -0.628. The van der Waals surface area contributed by atoms with Crippen LogP contribution >= 0.6 is 0 Å². The van der Waals surface area contributed by atoms with Gasteiger partial charge in [0, 0.05) is 13.1 Å². The van der Waals surface area contributed by atoms with Crippen molar-refractivity contribution in [2.75, 3.05) is 13.1 Å². The van der Waals surface area contributed by atoms with Gasteiger partial charge in [0.15, 0.2) is 0 Å². The van der Waals surface area contributed by atoms with Crippen LogP contribution in [0.1, 0.15) is 30.1 Å². The van der Waals surface area contributed by atoms with E-state index in [2.05, 4.69) is 6.92 Å². The molecule has 2 rings (SSSR count). The minimum absolute atomic E-state index is 0.175. The predicted molar refractivity (Wildman–Crippen MR) is 70.5 cm³/mol. The number of aromatic carboxylic acids is 1. The number of carbonyl (C=O) groups is 1. The van der Waals surface area contributed by atoms with E-state index in [1.807, 2.05) is 0 Å². The third-order valence-electron chi connectivity index (χ3n) is 3.55. The highest BCUT2D eigenvalue weighted by atomic mass is 32.2. The maximum Gasteiger partial charge on any atom is 0.338 e. The van der Waals surface area contributed by atoms with Crippen LogP contribution in [0.15, 0.2) is 23.1 Å². The SMILES string of the molecule is CC1CCN(S(=O)(=O)c2ccc(F)c(C(=O)O)c2)CC1. The first-order chi connectivity index (χ1) is 9.32. The third kappa shape index (κ3) is 2.83. The largest absolute Gasteiger partial charge is 0.478 e. The van der Waals surface area contributed by atoms with Gasteiger partial charge in [0.05, 0.1) is 10.5 Å². The molecule has 1 saturated heterocycles. The van der Waals surface area contributed by atoms with Crippen LogP contribution in [0.4, 0.5) is 4.39 Å². The fourth-order valence-corrected chi connectivity index (χ4v) is 3.70. The molecular weight excluding hydrogens is 285 g/mol. The highest BCUT2D eigenvalue weighted by molar-refractivity contribution is 7.89. The molecule has 0 aromatic heterocycles. The van der Waals surface area contributed by atoms with E-state index in [-0.39, 0.29) is 4.90 Å². The molecule has 1 aromatic rings. The van der Waals surface area contributed by atoms with E-state index < -0.39 is 27.4 Å². The van der Waals surface area contributed by atoms with Crippen molar-refractivity contribution in [3.63, 3.8) is 0 Å². The van der Waals surface area contributed by atoms with E-state index in [0.29, 0.717) is 19.0 Å². The van der Waals surface area contributed by atoms with Gasteiger partial charge >= 0.3 is 5.97 Å². The Bertz CT molecular complexity index is 621. The monoisotopic (exact) mass is 301 g/mol. The maximum absolute atomic E-state index is 13.3.